The highest BCUT2D eigenvalue weighted by atomic mass is 32.2. The number of nitrogens with two attached hydrogens (primary N) is 1. The average Bonchev–Trinajstić information content (AvgIpc) is 2.38. The first-order chi connectivity index (χ1) is 9.06. The molecule has 2 rings (SSSR count). The van der Waals surface area contributed by atoms with Gasteiger partial charge in [-0.2, -0.15) is 0 Å². The van der Waals surface area contributed by atoms with Crippen molar-refractivity contribution in [2.75, 3.05) is 5.73 Å². The summed E-state index contributed by atoms with van der Waals surface area (Å²) in [6, 6.07) is 13.1. The Bertz CT molecular complexity index is 549. The zero-order valence-corrected chi connectivity index (χ0v) is 12.0. The molecule has 100 valence electrons. The third kappa shape index (κ3) is 3.74. The van der Waals surface area contributed by atoms with Gasteiger partial charge in [0.2, 0.25) is 0 Å². The summed E-state index contributed by atoms with van der Waals surface area (Å²) in [7, 11) is 0. The van der Waals surface area contributed by atoms with E-state index >= 15 is 0 Å². The Morgan fingerprint density at radius 3 is 2.37 bits per heavy atom. The summed E-state index contributed by atoms with van der Waals surface area (Å²) in [6.07, 6.45) is 0. The van der Waals surface area contributed by atoms with Crippen molar-refractivity contribution in [3.05, 3.63) is 59.4 Å². The van der Waals surface area contributed by atoms with Crippen molar-refractivity contribution in [3.63, 3.8) is 0 Å². The van der Waals surface area contributed by atoms with E-state index in [1.165, 1.54) is 22.6 Å². The van der Waals surface area contributed by atoms with E-state index in [9.17, 15) is 4.39 Å². The molecule has 0 unspecified atom stereocenters. The lowest BCUT2D eigenvalue weighted by atomic mass is 10.0. The van der Waals surface area contributed by atoms with Crippen molar-refractivity contribution in [1.82, 2.24) is 0 Å². The van der Waals surface area contributed by atoms with E-state index in [0.717, 1.165) is 11.3 Å². The van der Waals surface area contributed by atoms with Crippen LogP contribution in [-0.4, -0.2) is 0 Å². The number of hydrogen-bond donors (Lipinski definition) is 1. The molecular weight excluding hydrogens is 257 g/mol. The molecular formula is C16H18FNS. The first-order valence-corrected chi connectivity index (χ1v) is 7.31. The van der Waals surface area contributed by atoms with Gasteiger partial charge in [0.15, 0.2) is 0 Å². The summed E-state index contributed by atoms with van der Waals surface area (Å²) in [5, 5.41) is 0. The van der Waals surface area contributed by atoms with Gasteiger partial charge in [-0.05, 0) is 41.3 Å². The molecule has 2 aromatic carbocycles. The van der Waals surface area contributed by atoms with Gasteiger partial charge in [-0.1, -0.05) is 32.0 Å². The molecule has 2 aromatic rings. The minimum Gasteiger partial charge on any atom is -0.398 e. The average molecular weight is 275 g/mol. The summed E-state index contributed by atoms with van der Waals surface area (Å²) in [5.74, 6) is 1.02. The molecule has 0 heterocycles. The first-order valence-electron chi connectivity index (χ1n) is 6.33. The Hall–Kier alpha value is -1.48. The standard InChI is InChI=1S/C16H18FNS/c1-11(2)12-4-7-15(8-5-12)19-10-13-3-6-14(17)9-16(13)18/h3-9,11H,10,18H2,1-2H3. The first kappa shape index (κ1) is 13.9. The third-order valence-electron chi connectivity index (χ3n) is 3.05. The molecule has 0 spiro atoms. The molecule has 0 saturated carbocycles. The minimum absolute atomic E-state index is 0.285. The molecule has 0 aliphatic rings. The van der Waals surface area contributed by atoms with Crippen LogP contribution < -0.4 is 5.73 Å². The van der Waals surface area contributed by atoms with Crippen LogP contribution in [0.1, 0.15) is 30.9 Å². The highest BCUT2D eigenvalue weighted by Gasteiger charge is 2.03. The van der Waals surface area contributed by atoms with Crippen molar-refractivity contribution < 1.29 is 4.39 Å². The number of hydrogen-bond acceptors (Lipinski definition) is 2. The number of rotatable bonds is 4. The molecule has 0 aromatic heterocycles. The third-order valence-corrected chi connectivity index (χ3v) is 4.11. The van der Waals surface area contributed by atoms with Crippen LogP contribution in [0.15, 0.2) is 47.4 Å². The molecule has 0 fully saturated rings. The van der Waals surface area contributed by atoms with E-state index in [2.05, 4.69) is 38.1 Å². The SMILES string of the molecule is CC(C)c1ccc(SCc2ccc(F)cc2N)cc1. The molecule has 0 bridgehead atoms. The number of thioether (sulfide) groups is 1. The number of anilines is 1. The van der Waals surface area contributed by atoms with Gasteiger partial charge in [0.1, 0.15) is 5.82 Å². The quantitative estimate of drug-likeness (QED) is 0.639. The summed E-state index contributed by atoms with van der Waals surface area (Å²) in [5.41, 5.74) is 8.63. The molecule has 3 heteroatoms. The van der Waals surface area contributed by atoms with Gasteiger partial charge in [-0.15, -0.1) is 11.8 Å². The Morgan fingerprint density at radius 1 is 1.11 bits per heavy atom. The van der Waals surface area contributed by atoms with Gasteiger partial charge in [0, 0.05) is 16.3 Å². The zero-order chi connectivity index (χ0) is 13.8. The normalized spacial score (nSPS) is 10.9. The van der Waals surface area contributed by atoms with Crippen LogP contribution in [0.25, 0.3) is 0 Å². The second-order valence-corrected chi connectivity index (χ2v) is 5.90. The topological polar surface area (TPSA) is 26.0 Å². The largest absolute Gasteiger partial charge is 0.398 e. The number of benzene rings is 2. The van der Waals surface area contributed by atoms with E-state index in [1.807, 2.05) is 0 Å². The highest BCUT2D eigenvalue weighted by molar-refractivity contribution is 7.98. The second-order valence-electron chi connectivity index (χ2n) is 4.86. The lowest BCUT2D eigenvalue weighted by Gasteiger charge is -2.08. The Morgan fingerprint density at radius 2 is 1.79 bits per heavy atom. The highest BCUT2D eigenvalue weighted by Crippen LogP contribution is 2.27. The maximum Gasteiger partial charge on any atom is 0.125 e. The molecule has 0 aliphatic heterocycles. The van der Waals surface area contributed by atoms with Gasteiger partial charge >= 0.3 is 0 Å². The Kier molecular flexibility index (Phi) is 4.48. The predicted octanol–water partition coefficient (Wildman–Crippen LogP) is 4.82. The molecule has 1 nitrogen and oxygen atoms in total. The molecule has 19 heavy (non-hydrogen) atoms. The molecule has 0 amide bonds. The second kappa shape index (κ2) is 6.11. The van der Waals surface area contributed by atoms with Crippen LogP contribution in [-0.2, 0) is 5.75 Å². The van der Waals surface area contributed by atoms with Crippen LogP contribution in [0.5, 0.6) is 0 Å². The van der Waals surface area contributed by atoms with Gasteiger partial charge in [0.05, 0.1) is 0 Å². The van der Waals surface area contributed by atoms with E-state index in [4.69, 9.17) is 5.73 Å². The smallest absolute Gasteiger partial charge is 0.125 e. The molecule has 0 radical (unpaired) electrons. The van der Waals surface area contributed by atoms with Crippen molar-refractivity contribution in [2.24, 2.45) is 0 Å². The summed E-state index contributed by atoms with van der Waals surface area (Å²) >= 11 is 1.71. The minimum atomic E-state index is -0.285. The van der Waals surface area contributed by atoms with Gasteiger partial charge in [0.25, 0.3) is 0 Å². The van der Waals surface area contributed by atoms with Crippen LogP contribution in [0.2, 0.25) is 0 Å². The van der Waals surface area contributed by atoms with Gasteiger partial charge in [-0.3, -0.25) is 0 Å². The van der Waals surface area contributed by atoms with Crippen molar-refractivity contribution in [3.8, 4) is 0 Å². The van der Waals surface area contributed by atoms with E-state index in [0.29, 0.717) is 11.6 Å². The van der Waals surface area contributed by atoms with Crippen LogP contribution >= 0.6 is 11.8 Å². The zero-order valence-electron chi connectivity index (χ0n) is 11.2. The Balaban J connectivity index is 2.02. The van der Waals surface area contributed by atoms with Crippen molar-refractivity contribution in [1.29, 1.82) is 0 Å². The lowest BCUT2D eigenvalue weighted by Crippen LogP contribution is -1.93. The van der Waals surface area contributed by atoms with Gasteiger partial charge < -0.3 is 5.73 Å². The molecule has 0 aliphatic carbocycles. The molecule has 0 atom stereocenters. The monoisotopic (exact) mass is 275 g/mol. The van der Waals surface area contributed by atoms with Crippen molar-refractivity contribution >= 4 is 17.4 Å². The van der Waals surface area contributed by atoms with Crippen LogP contribution in [0.4, 0.5) is 10.1 Å². The number of halogens is 1. The Labute approximate surface area is 118 Å². The molecule has 2 N–H and O–H groups in total. The van der Waals surface area contributed by atoms with E-state index < -0.39 is 0 Å². The number of nitrogen functional groups attached to an aromatic ring is 1. The van der Waals surface area contributed by atoms with Crippen LogP contribution in [0, 0.1) is 5.82 Å². The molecule has 0 saturated heterocycles. The fourth-order valence-electron chi connectivity index (χ4n) is 1.81. The predicted molar refractivity (Wildman–Crippen MR) is 80.9 cm³/mol. The lowest BCUT2D eigenvalue weighted by molar-refractivity contribution is 0.628. The summed E-state index contributed by atoms with van der Waals surface area (Å²) < 4.78 is 12.9. The van der Waals surface area contributed by atoms with E-state index in [-0.39, 0.29) is 5.82 Å². The maximum atomic E-state index is 12.9. The maximum absolute atomic E-state index is 12.9. The fourth-order valence-corrected chi connectivity index (χ4v) is 2.72. The van der Waals surface area contributed by atoms with Gasteiger partial charge in [-0.25, -0.2) is 4.39 Å². The van der Waals surface area contributed by atoms with Crippen molar-refractivity contribution in [2.45, 2.75) is 30.4 Å². The fraction of sp³-hybridized carbons (Fsp3) is 0.250. The van der Waals surface area contributed by atoms with E-state index in [1.54, 1.807) is 17.8 Å². The van der Waals surface area contributed by atoms with Crippen LogP contribution in [0.3, 0.4) is 0 Å². The summed E-state index contributed by atoms with van der Waals surface area (Å²) in [6.45, 7) is 4.36. The summed E-state index contributed by atoms with van der Waals surface area (Å²) in [4.78, 5) is 1.20.